The van der Waals surface area contributed by atoms with E-state index in [0.29, 0.717) is 23.5 Å². The summed E-state index contributed by atoms with van der Waals surface area (Å²) in [5.41, 5.74) is 2.96. The summed E-state index contributed by atoms with van der Waals surface area (Å²) in [7, 11) is 0. The molecular weight excluding hydrogens is 196 g/mol. The summed E-state index contributed by atoms with van der Waals surface area (Å²) in [6.45, 7) is 2.15. The predicted molar refractivity (Wildman–Crippen MR) is 64.4 cm³/mol. The summed E-state index contributed by atoms with van der Waals surface area (Å²) in [5.74, 6) is 1.72. The quantitative estimate of drug-likeness (QED) is 0.700. The molecule has 1 aromatic carbocycles. The Hall–Kier alpha value is -1.11. The van der Waals surface area contributed by atoms with E-state index in [9.17, 15) is 4.79 Å². The molecule has 0 spiro atoms. The van der Waals surface area contributed by atoms with Gasteiger partial charge in [0.25, 0.3) is 0 Å². The molecule has 3 atom stereocenters. The van der Waals surface area contributed by atoms with Crippen LogP contribution in [0.15, 0.2) is 24.3 Å². The molecule has 1 aromatic rings. The first-order chi connectivity index (χ1) is 7.83. The lowest BCUT2D eigenvalue weighted by Gasteiger charge is -2.42. The second kappa shape index (κ2) is 3.73. The van der Waals surface area contributed by atoms with E-state index in [0.717, 1.165) is 19.3 Å². The topological polar surface area (TPSA) is 17.1 Å². The molecule has 1 heteroatoms. The van der Waals surface area contributed by atoms with Gasteiger partial charge in [-0.3, -0.25) is 4.79 Å². The van der Waals surface area contributed by atoms with Crippen LogP contribution < -0.4 is 0 Å². The molecule has 1 fully saturated rings. The van der Waals surface area contributed by atoms with E-state index in [-0.39, 0.29) is 0 Å². The van der Waals surface area contributed by atoms with Gasteiger partial charge in [0.1, 0.15) is 5.78 Å². The van der Waals surface area contributed by atoms with Crippen LogP contribution in [0.4, 0.5) is 0 Å². The second-order valence-corrected chi connectivity index (χ2v) is 5.14. The van der Waals surface area contributed by atoms with Crippen molar-refractivity contribution in [2.24, 2.45) is 11.8 Å². The van der Waals surface area contributed by atoms with E-state index in [1.807, 2.05) is 0 Å². The lowest BCUT2D eigenvalue weighted by molar-refractivity contribution is -0.138. The van der Waals surface area contributed by atoms with Crippen molar-refractivity contribution in [3.63, 3.8) is 0 Å². The fraction of sp³-hybridized carbons (Fsp3) is 0.533. The third-order valence-corrected chi connectivity index (χ3v) is 4.41. The Labute approximate surface area is 96.9 Å². The summed E-state index contributed by atoms with van der Waals surface area (Å²) in [6, 6.07) is 8.73. The minimum absolute atomic E-state index is 0.309. The van der Waals surface area contributed by atoms with Gasteiger partial charge in [-0.15, -0.1) is 0 Å². The molecule has 1 saturated carbocycles. The highest BCUT2D eigenvalue weighted by molar-refractivity contribution is 5.92. The molecule has 2 aliphatic rings. The van der Waals surface area contributed by atoms with Crippen molar-refractivity contribution in [2.75, 3.05) is 0 Å². The monoisotopic (exact) mass is 214 g/mol. The summed E-state index contributed by atoms with van der Waals surface area (Å²) >= 11 is 0. The molecule has 3 unspecified atom stereocenters. The lowest BCUT2D eigenvalue weighted by atomic mass is 9.59. The van der Waals surface area contributed by atoms with Gasteiger partial charge in [-0.05, 0) is 36.8 Å². The van der Waals surface area contributed by atoms with Crippen molar-refractivity contribution in [1.29, 1.82) is 0 Å². The van der Waals surface area contributed by atoms with Crippen molar-refractivity contribution >= 4 is 5.78 Å². The van der Waals surface area contributed by atoms with Crippen molar-refractivity contribution in [1.82, 2.24) is 0 Å². The molecular formula is C15H18O. The van der Waals surface area contributed by atoms with Crippen molar-refractivity contribution < 1.29 is 4.79 Å². The van der Waals surface area contributed by atoms with Gasteiger partial charge in [-0.1, -0.05) is 31.2 Å². The van der Waals surface area contributed by atoms with Crippen LogP contribution in [0.3, 0.4) is 0 Å². The fourth-order valence-electron chi connectivity index (χ4n) is 3.60. The largest absolute Gasteiger partial charge is 0.299 e. The van der Waals surface area contributed by atoms with E-state index < -0.39 is 0 Å². The van der Waals surface area contributed by atoms with Gasteiger partial charge in [0.2, 0.25) is 0 Å². The molecule has 0 N–H and O–H groups in total. The molecule has 3 rings (SSSR count). The molecule has 0 aromatic heterocycles. The highest BCUT2D eigenvalue weighted by Gasteiger charge is 2.49. The summed E-state index contributed by atoms with van der Waals surface area (Å²) in [5, 5.41) is 0. The van der Waals surface area contributed by atoms with Gasteiger partial charge in [-0.2, -0.15) is 0 Å². The van der Waals surface area contributed by atoms with Crippen molar-refractivity contribution in [2.45, 2.75) is 38.5 Å². The molecule has 0 bridgehead atoms. The zero-order chi connectivity index (χ0) is 11.1. The van der Waals surface area contributed by atoms with Gasteiger partial charge in [-0.25, -0.2) is 0 Å². The minimum atomic E-state index is 0.309. The van der Waals surface area contributed by atoms with Crippen LogP contribution in [0.1, 0.15) is 43.2 Å². The second-order valence-electron chi connectivity index (χ2n) is 5.14. The Balaban J connectivity index is 2.03. The normalized spacial score (nSPS) is 32.3. The summed E-state index contributed by atoms with van der Waals surface area (Å²) in [4.78, 5) is 12.0. The van der Waals surface area contributed by atoms with Crippen molar-refractivity contribution in [3.05, 3.63) is 35.4 Å². The van der Waals surface area contributed by atoms with Gasteiger partial charge >= 0.3 is 0 Å². The Morgan fingerprint density at radius 1 is 1.31 bits per heavy atom. The average molecular weight is 214 g/mol. The van der Waals surface area contributed by atoms with E-state index in [2.05, 4.69) is 31.2 Å². The maximum atomic E-state index is 12.0. The fourth-order valence-corrected chi connectivity index (χ4v) is 3.60. The highest BCUT2D eigenvalue weighted by Crippen LogP contribution is 2.51. The predicted octanol–water partition coefficient (Wildman–Crippen LogP) is 3.33. The van der Waals surface area contributed by atoms with Crippen LogP contribution in [-0.2, 0) is 11.2 Å². The Morgan fingerprint density at radius 2 is 2.12 bits per heavy atom. The van der Waals surface area contributed by atoms with Crippen molar-refractivity contribution in [3.8, 4) is 0 Å². The Kier molecular flexibility index (Phi) is 2.34. The Morgan fingerprint density at radius 3 is 2.94 bits per heavy atom. The number of hydrogen-bond acceptors (Lipinski definition) is 1. The molecule has 1 nitrogen and oxygen atoms in total. The zero-order valence-electron chi connectivity index (χ0n) is 9.78. The van der Waals surface area contributed by atoms with E-state index in [1.165, 1.54) is 17.5 Å². The molecule has 16 heavy (non-hydrogen) atoms. The standard InChI is InChI=1S/C15H18O/c1-2-11-14-12-8-4-3-6-10(12)7-5-9-13(14)15(11)16/h3-4,6,8,11,13-14H,2,5,7,9H2,1H3. The maximum Gasteiger partial charge on any atom is 0.140 e. The first kappa shape index (κ1) is 10.1. The first-order valence-corrected chi connectivity index (χ1v) is 6.44. The van der Waals surface area contributed by atoms with E-state index in [1.54, 1.807) is 0 Å². The van der Waals surface area contributed by atoms with Gasteiger partial charge in [0.15, 0.2) is 0 Å². The summed E-state index contributed by atoms with van der Waals surface area (Å²) in [6.07, 6.45) is 4.45. The van der Waals surface area contributed by atoms with Gasteiger partial charge in [0, 0.05) is 17.8 Å². The number of ketones is 1. The Bertz CT molecular complexity index is 421. The molecule has 0 amide bonds. The van der Waals surface area contributed by atoms with Crippen LogP contribution in [0.2, 0.25) is 0 Å². The zero-order valence-corrected chi connectivity index (χ0v) is 9.78. The van der Waals surface area contributed by atoms with Gasteiger partial charge in [0.05, 0.1) is 0 Å². The molecule has 0 heterocycles. The third-order valence-electron chi connectivity index (χ3n) is 4.41. The van der Waals surface area contributed by atoms with Crippen LogP contribution in [-0.4, -0.2) is 5.78 Å². The smallest absolute Gasteiger partial charge is 0.140 e. The molecule has 84 valence electrons. The highest BCUT2D eigenvalue weighted by atomic mass is 16.1. The van der Waals surface area contributed by atoms with Crippen LogP contribution in [0.25, 0.3) is 0 Å². The van der Waals surface area contributed by atoms with E-state index in [4.69, 9.17) is 0 Å². The SMILES string of the molecule is CCC1C(=O)C2CCCc3ccccc3C12. The number of carbonyl (C=O) groups is 1. The van der Waals surface area contributed by atoms with E-state index >= 15 is 0 Å². The number of fused-ring (bicyclic) bond motifs is 3. The average Bonchev–Trinajstić information content (AvgIpc) is 2.47. The number of carbonyl (C=O) groups excluding carboxylic acids is 1. The maximum absolute atomic E-state index is 12.0. The molecule has 0 saturated heterocycles. The number of rotatable bonds is 1. The molecule has 0 radical (unpaired) electrons. The lowest BCUT2D eigenvalue weighted by Crippen LogP contribution is -2.45. The molecule has 0 aliphatic heterocycles. The van der Waals surface area contributed by atoms with Crippen LogP contribution >= 0.6 is 0 Å². The van der Waals surface area contributed by atoms with Gasteiger partial charge < -0.3 is 0 Å². The minimum Gasteiger partial charge on any atom is -0.299 e. The number of Topliss-reactive ketones (excluding diaryl/α,β-unsaturated/α-hetero) is 1. The number of aryl methyl sites for hydroxylation is 1. The first-order valence-electron chi connectivity index (χ1n) is 6.44. The third kappa shape index (κ3) is 1.27. The summed E-state index contributed by atoms with van der Waals surface area (Å²) < 4.78 is 0. The van der Waals surface area contributed by atoms with Crippen LogP contribution in [0, 0.1) is 11.8 Å². The number of hydrogen-bond donors (Lipinski definition) is 0. The van der Waals surface area contributed by atoms with Crippen LogP contribution in [0.5, 0.6) is 0 Å². The number of benzene rings is 1. The molecule has 2 aliphatic carbocycles.